The smallest absolute Gasteiger partial charge is 0.258 e. The molecule has 2 radical (unpaired) electrons. The summed E-state index contributed by atoms with van der Waals surface area (Å²) in [6.45, 7) is 0.698. The van der Waals surface area contributed by atoms with Crippen LogP contribution in [-0.2, 0) is 0 Å². The van der Waals surface area contributed by atoms with E-state index < -0.39 is 17.8 Å². The number of hydrogen-bond donors (Lipinski definition) is 0. The van der Waals surface area contributed by atoms with Crippen LogP contribution < -0.4 is 10.4 Å². The van der Waals surface area contributed by atoms with Crippen molar-refractivity contribution in [3.8, 4) is 0 Å². The highest BCUT2D eigenvalue weighted by molar-refractivity contribution is 6.31. The lowest BCUT2D eigenvalue weighted by Gasteiger charge is -2.19. The molecule has 2 fully saturated rings. The van der Waals surface area contributed by atoms with E-state index in [4.69, 9.17) is 7.85 Å². The van der Waals surface area contributed by atoms with E-state index in [0.717, 1.165) is 0 Å². The van der Waals surface area contributed by atoms with Crippen LogP contribution in [0.25, 0.3) is 0 Å². The number of aromatic nitrogens is 2. The van der Waals surface area contributed by atoms with Crippen molar-refractivity contribution >= 4 is 19.3 Å². The van der Waals surface area contributed by atoms with E-state index in [-0.39, 0.29) is 0 Å². The molecule has 2 aliphatic rings. The Balaban J connectivity index is 1.75. The van der Waals surface area contributed by atoms with Crippen LogP contribution in [-0.4, -0.2) is 36.8 Å². The summed E-state index contributed by atoms with van der Waals surface area (Å²) in [6.07, 6.45) is 2.98. The molecule has 6 heteroatoms. The number of piperidine rings is 1. The monoisotopic (exact) mass is 207 g/mol. The number of nitrogens with zero attached hydrogens (tertiary/aromatic N) is 3. The Labute approximate surface area is 86.9 Å². The van der Waals surface area contributed by atoms with Crippen molar-refractivity contribution in [1.29, 1.82) is 0 Å². The molecule has 1 aromatic rings. The summed E-state index contributed by atoms with van der Waals surface area (Å²) >= 11 is 0. The predicted octanol–water partition coefficient (Wildman–Crippen LogP) is -0.0283. The summed E-state index contributed by atoms with van der Waals surface area (Å²) in [5.74, 6) is -2.96. The van der Waals surface area contributed by atoms with Crippen LogP contribution in [0.4, 0.5) is 14.7 Å². The maximum atomic E-state index is 12.9. The maximum absolute atomic E-state index is 12.9. The van der Waals surface area contributed by atoms with Crippen LogP contribution in [0.2, 0.25) is 0 Å². The van der Waals surface area contributed by atoms with Crippen molar-refractivity contribution in [2.45, 2.75) is 5.92 Å². The van der Waals surface area contributed by atoms with Crippen molar-refractivity contribution in [3.05, 3.63) is 12.4 Å². The standard InChI is InChI=1S/C9H8BF2N3/c10-5-1-13-8(14-2-5)15-3-6-7(4-15)9(6,11)12/h1-2,6-7H,3-4H2. The highest BCUT2D eigenvalue weighted by Gasteiger charge is 2.71. The molecule has 1 aliphatic carbocycles. The number of fused-ring (bicyclic) bond motifs is 1. The molecule has 0 aromatic carbocycles. The Kier molecular flexibility index (Phi) is 1.62. The molecule has 2 unspecified atom stereocenters. The highest BCUT2D eigenvalue weighted by Crippen LogP contribution is 2.59. The zero-order valence-corrected chi connectivity index (χ0v) is 7.90. The lowest BCUT2D eigenvalue weighted by molar-refractivity contribution is 0.0796. The van der Waals surface area contributed by atoms with Crippen molar-refractivity contribution in [1.82, 2.24) is 9.97 Å². The summed E-state index contributed by atoms with van der Waals surface area (Å²) in [6, 6.07) is 0. The molecule has 1 aliphatic heterocycles. The summed E-state index contributed by atoms with van der Waals surface area (Å²) in [7, 11) is 5.44. The molecule has 0 spiro atoms. The van der Waals surface area contributed by atoms with E-state index in [9.17, 15) is 8.78 Å². The molecule has 15 heavy (non-hydrogen) atoms. The lowest BCUT2D eigenvalue weighted by atomic mass is 10.0. The quantitative estimate of drug-likeness (QED) is 0.605. The third kappa shape index (κ3) is 1.23. The van der Waals surface area contributed by atoms with Crippen molar-refractivity contribution in [2.75, 3.05) is 18.0 Å². The van der Waals surface area contributed by atoms with Crippen LogP contribution in [0.1, 0.15) is 0 Å². The number of halogens is 2. The molecule has 3 rings (SSSR count). The van der Waals surface area contributed by atoms with Gasteiger partial charge in [0.05, 0.1) is 11.8 Å². The van der Waals surface area contributed by atoms with Gasteiger partial charge in [0.15, 0.2) is 0 Å². The van der Waals surface area contributed by atoms with E-state index in [2.05, 4.69) is 9.97 Å². The first-order chi connectivity index (χ1) is 7.09. The summed E-state index contributed by atoms with van der Waals surface area (Å²) < 4.78 is 25.8. The Morgan fingerprint density at radius 3 is 2.33 bits per heavy atom. The third-order valence-corrected chi connectivity index (χ3v) is 3.14. The second-order valence-corrected chi connectivity index (χ2v) is 4.11. The highest BCUT2D eigenvalue weighted by atomic mass is 19.3. The minimum atomic E-state index is -2.45. The SMILES string of the molecule is [B]c1cnc(N2CC3C(C2)C3(F)F)nc1. The number of rotatable bonds is 1. The largest absolute Gasteiger partial charge is 0.340 e. The average Bonchev–Trinajstić information content (AvgIpc) is 2.64. The Bertz CT molecular complexity index is 381. The molecule has 1 saturated carbocycles. The van der Waals surface area contributed by atoms with Gasteiger partial charge in [-0.05, 0) is 0 Å². The first-order valence-corrected chi connectivity index (χ1v) is 4.79. The van der Waals surface area contributed by atoms with Gasteiger partial charge in [-0.1, -0.05) is 5.46 Å². The molecule has 0 bridgehead atoms. The van der Waals surface area contributed by atoms with Crippen LogP contribution in [0.3, 0.4) is 0 Å². The summed E-state index contributed by atoms with van der Waals surface area (Å²) in [5.41, 5.74) is 0.480. The van der Waals surface area contributed by atoms with Gasteiger partial charge >= 0.3 is 0 Å². The first kappa shape index (κ1) is 9.06. The lowest BCUT2D eigenvalue weighted by Crippen LogP contribution is -2.29. The Morgan fingerprint density at radius 1 is 1.27 bits per heavy atom. The Morgan fingerprint density at radius 2 is 1.80 bits per heavy atom. The molecular formula is C9H8BF2N3. The molecule has 0 N–H and O–H groups in total. The summed E-state index contributed by atoms with van der Waals surface area (Å²) in [4.78, 5) is 9.80. The van der Waals surface area contributed by atoms with Crippen LogP contribution in [0, 0.1) is 11.8 Å². The fourth-order valence-electron chi connectivity index (χ4n) is 2.17. The maximum Gasteiger partial charge on any atom is 0.258 e. The van der Waals surface area contributed by atoms with Gasteiger partial charge < -0.3 is 4.90 Å². The summed E-state index contributed by atoms with van der Waals surface area (Å²) in [5, 5.41) is 0. The minimum Gasteiger partial charge on any atom is -0.340 e. The van der Waals surface area contributed by atoms with Gasteiger partial charge in [0.2, 0.25) is 5.95 Å². The molecule has 0 amide bonds. The molecule has 76 valence electrons. The van der Waals surface area contributed by atoms with Gasteiger partial charge in [0.1, 0.15) is 7.85 Å². The first-order valence-electron chi connectivity index (χ1n) is 4.79. The van der Waals surface area contributed by atoms with Crippen molar-refractivity contribution in [3.63, 3.8) is 0 Å². The van der Waals surface area contributed by atoms with Gasteiger partial charge in [-0.25, -0.2) is 18.7 Å². The van der Waals surface area contributed by atoms with E-state index in [1.165, 1.54) is 12.4 Å². The zero-order valence-electron chi connectivity index (χ0n) is 7.90. The average molecular weight is 207 g/mol. The molecular weight excluding hydrogens is 199 g/mol. The predicted molar refractivity (Wildman–Crippen MR) is 51.6 cm³/mol. The second-order valence-electron chi connectivity index (χ2n) is 4.11. The minimum absolute atomic E-state index is 0.349. The van der Waals surface area contributed by atoms with E-state index in [0.29, 0.717) is 24.5 Å². The van der Waals surface area contributed by atoms with Gasteiger partial charge in [0.25, 0.3) is 5.92 Å². The number of alkyl halides is 2. The third-order valence-electron chi connectivity index (χ3n) is 3.14. The van der Waals surface area contributed by atoms with Gasteiger partial charge in [-0.15, -0.1) is 0 Å². The van der Waals surface area contributed by atoms with E-state index in [1.807, 2.05) is 0 Å². The molecule has 2 heterocycles. The number of hydrogen-bond acceptors (Lipinski definition) is 3. The van der Waals surface area contributed by atoms with Gasteiger partial charge in [-0.2, -0.15) is 0 Å². The number of anilines is 1. The van der Waals surface area contributed by atoms with E-state index in [1.54, 1.807) is 4.90 Å². The van der Waals surface area contributed by atoms with Crippen LogP contribution >= 0.6 is 0 Å². The van der Waals surface area contributed by atoms with Crippen LogP contribution in [0.5, 0.6) is 0 Å². The van der Waals surface area contributed by atoms with Crippen LogP contribution in [0.15, 0.2) is 12.4 Å². The van der Waals surface area contributed by atoms with Crippen molar-refractivity contribution < 1.29 is 8.78 Å². The fourth-order valence-corrected chi connectivity index (χ4v) is 2.17. The van der Waals surface area contributed by atoms with E-state index >= 15 is 0 Å². The van der Waals surface area contributed by atoms with Gasteiger partial charge in [0, 0.05) is 25.5 Å². The normalized spacial score (nSPS) is 31.5. The Hall–Kier alpha value is -1.20. The van der Waals surface area contributed by atoms with Gasteiger partial charge in [-0.3, -0.25) is 0 Å². The van der Waals surface area contributed by atoms with Crippen molar-refractivity contribution in [2.24, 2.45) is 11.8 Å². The zero-order chi connectivity index (χ0) is 10.6. The molecule has 3 nitrogen and oxygen atoms in total. The molecule has 1 aromatic heterocycles. The molecule has 2 atom stereocenters. The topological polar surface area (TPSA) is 29.0 Å². The second kappa shape index (κ2) is 2.68. The molecule has 1 saturated heterocycles. The fraction of sp³-hybridized carbons (Fsp3) is 0.556.